The fraction of sp³-hybridized carbons (Fsp3) is 0.417. The Morgan fingerprint density at radius 1 is 1.33 bits per heavy atom. The van der Waals surface area contributed by atoms with Gasteiger partial charge in [0.15, 0.2) is 0 Å². The summed E-state index contributed by atoms with van der Waals surface area (Å²) in [4.78, 5) is 11.6. The van der Waals surface area contributed by atoms with Crippen molar-refractivity contribution in [3.8, 4) is 5.75 Å². The van der Waals surface area contributed by atoms with Gasteiger partial charge in [-0.05, 0) is 24.1 Å². The molecule has 3 nitrogen and oxygen atoms in total. The summed E-state index contributed by atoms with van der Waals surface area (Å²) in [6, 6.07) is 2.31. The third-order valence-corrected chi connectivity index (χ3v) is 2.18. The summed E-state index contributed by atoms with van der Waals surface area (Å²) < 4.78 is 37.4. The van der Waals surface area contributed by atoms with Gasteiger partial charge in [0.25, 0.3) is 5.91 Å². The predicted octanol–water partition coefficient (Wildman–Crippen LogP) is 2.80. The second kappa shape index (κ2) is 5.29. The van der Waals surface area contributed by atoms with E-state index < -0.39 is 23.4 Å². The largest absolute Gasteiger partial charge is 0.508 e. The van der Waals surface area contributed by atoms with E-state index in [2.05, 4.69) is 5.32 Å². The van der Waals surface area contributed by atoms with Crippen LogP contribution in [0.15, 0.2) is 18.2 Å². The number of nitrogens with one attached hydrogen (secondary N) is 1. The molecule has 1 amide bonds. The monoisotopic (exact) mass is 261 g/mol. The van der Waals surface area contributed by atoms with Crippen molar-refractivity contribution in [2.75, 3.05) is 6.54 Å². The molecule has 0 aliphatic heterocycles. The van der Waals surface area contributed by atoms with Crippen LogP contribution in [0.2, 0.25) is 0 Å². The van der Waals surface area contributed by atoms with Gasteiger partial charge in [0.2, 0.25) is 0 Å². The van der Waals surface area contributed by atoms with Gasteiger partial charge in [-0.3, -0.25) is 4.79 Å². The first-order valence-electron chi connectivity index (χ1n) is 5.39. The molecule has 0 heterocycles. The van der Waals surface area contributed by atoms with Crippen molar-refractivity contribution >= 4 is 5.91 Å². The lowest BCUT2D eigenvalue weighted by molar-refractivity contribution is -0.137. The molecule has 0 spiro atoms. The fourth-order valence-electron chi connectivity index (χ4n) is 1.30. The highest BCUT2D eigenvalue weighted by Crippen LogP contribution is 2.32. The maximum atomic E-state index is 12.5. The zero-order valence-corrected chi connectivity index (χ0v) is 10.0. The molecule has 0 saturated carbocycles. The van der Waals surface area contributed by atoms with Crippen molar-refractivity contribution < 1.29 is 23.1 Å². The van der Waals surface area contributed by atoms with Crippen LogP contribution in [-0.2, 0) is 6.18 Å². The van der Waals surface area contributed by atoms with Crippen LogP contribution in [0, 0.1) is 5.92 Å². The van der Waals surface area contributed by atoms with Crippen LogP contribution in [0.1, 0.15) is 29.8 Å². The molecule has 1 aromatic rings. The molecule has 1 rings (SSSR count). The summed E-state index contributed by atoms with van der Waals surface area (Å²) in [5.41, 5.74) is -1.25. The van der Waals surface area contributed by atoms with Crippen LogP contribution in [-0.4, -0.2) is 17.6 Å². The summed E-state index contributed by atoms with van der Waals surface area (Å²) in [5.74, 6) is -1.03. The molecule has 0 radical (unpaired) electrons. The zero-order valence-electron chi connectivity index (χ0n) is 10.0. The number of carbonyl (C=O) groups is 1. The van der Waals surface area contributed by atoms with Gasteiger partial charge in [-0.1, -0.05) is 13.8 Å². The maximum Gasteiger partial charge on any atom is 0.416 e. The molecule has 0 fully saturated rings. The molecule has 6 heteroatoms. The highest BCUT2D eigenvalue weighted by molar-refractivity contribution is 5.94. The number of hydrogen-bond acceptors (Lipinski definition) is 2. The highest BCUT2D eigenvalue weighted by Gasteiger charge is 2.31. The Kier molecular flexibility index (Phi) is 4.21. The molecule has 0 aliphatic rings. The van der Waals surface area contributed by atoms with Gasteiger partial charge in [-0.25, -0.2) is 0 Å². The number of aromatic hydroxyl groups is 1. The summed E-state index contributed by atoms with van der Waals surface area (Å²) >= 11 is 0. The average molecular weight is 261 g/mol. The Morgan fingerprint density at radius 2 is 1.94 bits per heavy atom. The molecule has 0 aliphatic carbocycles. The summed E-state index contributed by atoms with van der Waals surface area (Å²) in [6.45, 7) is 4.09. The van der Waals surface area contributed by atoms with E-state index in [-0.39, 0.29) is 11.5 Å². The lowest BCUT2D eigenvalue weighted by Crippen LogP contribution is -2.27. The molecule has 2 N–H and O–H groups in total. The lowest BCUT2D eigenvalue weighted by Gasteiger charge is -2.11. The molecule has 100 valence electrons. The quantitative estimate of drug-likeness (QED) is 0.879. The molecule has 0 aromatic heterocycles. The van der Waals surface area contributed by atoms with E-state index in [0.29, 0.717) is 12.6 Å². The van der Waals surface area contributed by atoms with Crippen molar-refractivity contribution in [2.24, 2.45) is 5.92 Å². The fourth-order valence-corrected chi connectivity index (χ4v) is 1.30. The Labute approximate surface area is 103 Å². The lowest BCUT2D eigenvalue weighted by atomic mass is 10.1. The van der Waals surface area contributed by atoms with Crippen molar-refractivity contribution in [1.29, 1.82) is 0 Å². The van der Waals surface area contributed by atoms with Gasteiger partial charge in [-0.2, -0.15) is 13.2 Å². The smallest absolute Gasteiger partial charge is 0.416 e. The van der Waals surface area contributed by atoms with Crippen LogP contribution in [0.5, 0.6) is 5.75 Å². The van der Waals surface area contributed by atoms with E-state index in [0.717, 1.165) is 12.1 Å². The highest BCUT2D eigenvalue weighted by atomic mass is 19.4. The minimum atomic E-state index is -4.59. The predicted molar refractivity (Wildman–Crippen MR) is 60.3 cm³/mol. The van der Waals surface area contributed by atoms with Gasteiger partial charge in [0.1, 0.15) is 5.75 Å². The van der Waals surface area contributed by atoms with Crippen molar-refractivity contribution in [3.63, 3.8) is 0 Å². The van der Waals surface area contributed by atoms with Gasteiger partial charge in [0, 0.05) is 12.1 Å². The minimum absolute atomic E-state index is 0.188. The van der Waals surface area contributed by atoms with Gasteiger partial charge in [0.05, 0.1) is 5.56 Å². The first kappa shape index (κ1) is 14.3. The molecule has 0 unspecified atom stereocenters. The van der Waals surface area contributed by atoms with E-state index >= 15 is 0 Å². The van der Waals surface area contributed by atoms with Crippen LogP contribution in [0.3, 0.4) is 0 Å². The third kappa shape index (κ3) is 3.94. The summed E-state index contributed by atoms with van der Waals surface area (Å²) in [5, 5.41) is 11.7. The first-order chi connectivity index (χ1) is 8.20. The number of benzene rings is 1. The maximum absolute atomic E-state index is 12.5. The van der Waals surface area contributed by atoms with E-state index in [1.54, 1.807) is 0 Å². The zero-order chi connectivity index (χ0) is 13.9. The van der Waals surface area contributed by atoms with Crippen LogP contribution in [0.25, 0.3) is 0 Å². The molecule has 1 aromatic carbocycles. The number of hydrogen-bond donors (Lipinski definition) is 2. The van der Waals surface area contributed by atoms with Crippen molar-refractivity contribution in [2.45, 2.75) is 20.0 Å². The molecule has 0 atom stereocenters. The third-order valence-electron chi connectivity index (χ3n) is 2.18. The molecule has 0 bridgehead atoms. The number of halogens is 3. The Balaban J connectivity index is 2.96. The minimum Gasteiger partial charge on any atom is -0.508 e. The second-order valence-electron chi connectivity index (χ2n) is 4.37. The van der Waals surface area contributed by atoms with Crippen molar-refractivity contribution in [3.05, 3.63) is 29.3 Å². The van der Waals surface area contributed by atoms with Gasteiger partial charge >= 0.3 is 6.18 Å². The number of alkyl halides is 3. The molecular formula is C12H14F3NO2. The SMILES string of the molecule is CC(C)CNC(=O)c1cc(O)cc(C(F)(F)F)c1. The number of carbonyl (C=O) groups excluding carboxylic acids is 1. The molecule has 18 heavy (non-hydrogen) atoms. The average Bonchev–Trinajstić information content (AvgIpc) is 2.23. The van der Waals surface area contributed by atoms with E-state index in [4.69, 9.17) is 0 Å². The van der Waals surface area contributed by atoms with Gasteiger partial charge < -0.3 is 10.4 Å². The van der Waals surface area contributed by atoms with Crippen molar-refractivity contribution in [1.82, 2.24) is 5.32 Å². The number of rotatable bonds is 3. The molecule has 0 saturated heterocycles. The Bertz CT molecular complexity index is 441. The summed E-state index contributed by atoms with van der Waals surface area (Å²) in [6.07, 6.45) is -4.59. The second-order valence-corrected chi connectivity index (χ2v) is 4.37. The Hall–Kier alpha value is -1.72. The van der Waals surface area contributed by atoms with E-state index in [1.807, 2.05) is 13.8 Å². The summed E-state index contributed by atoms with van der Waals surface area (Å²) in [7, 11) is 0. The van der Waals surface area contributed by atoms with Crippen LogP contribution < -0.4 is 5.32 Å². The normalized spacial score (nSPS) is 11.7. The van der Waals surface area contributed by atoms with E-state index in [1.165, 1.54) is 0 Å². The van der Waals surface area contributed by atoms with Gasteiger partial charge in [-0.15, -0.1) is 0 Å². The Morgan fingerprint density at radius 3 is 2.44 bits per heavy atom. The molecular weight excluding hydrogens is 247 g/mol. The number of phenolic OH excluding ortho intramolecular Hbond substituents is 1. The standard InChI is InChI=1S/C12H14F3NO2/c1-7(2)6-16-11(18)8-3-9(12(13,14)15)5-10(17)4-8/h3-5,7,17H,6H2,1-2H3,(H,16,18). The number of phenols is 1. The topological polar surface area (TPSA) is 49.3 Å². The number of amides is 1. The van der Waals surface area contributed by atoms with E-state index in [9.17, 15) is 23.1 Å². The van der Waals surface area contributed by atoms with Crippen LogP contribution >= 0.6 is 0 Å². The van der Waals surface area contributed by atoms with Crippen LogP contribution in [0.4, 0.5) is 13.2 Å². The first-order valence-corrected chi connectivity index (χ1v) is 5.39.